The molecule has 0 spiro atoms. The van der Waals surface area contributed by atoms with Crippen LogP contribution in [0.25, 0.3) is 0 Å². The van der Waals surface area contributed by atoms with Crippen molar-refractivity contribution in [3.05, 3.63) is 59.7 Å². The molecule has 6 heteroatoms. The second-order valence-electron chi connectivity index (χ2n) is 6.01. The molecule has 0 radical (unpaired) electrons. The first-order valence-electron chi connectivity index (χ1n) is 7.95. The van der Waals surface area contributed by atoms with E-state index in [1.807, 2.05) is 50.2 Å². The van der Waals surface area contributed by atoms with E-state index in [9.17, 15) is 4.57 Å². The number of epoxide rings is 2. The maximum absolute atomic E-state index is 12.4. The summed E-state index contributed by atoms with van der Waals surface area (Å²) in [5, 5.41) is 0. The summed E-state index contributed by atoms with van der Waals surface area (Å²) < 4.78 is 34.4. The predicted molar refractivity (Wildman–Crippen MR) is 88.3 cm³/mol. The minimum absolute atomic E-state index is 0.00222. The highest BCUT2D eigenvalue weighted by Gasteiger charge is 2.41. The zero-order valence-corrected chi connectivity index (χ0v) is 14.3. The summed E-state index contributed by atoms with van der Waals surface area (Å²) in [5.41, 5.74) is 1.79. The van der Waals surface area contributed by atoms with E-state index in [0.717, 1.165) is 11.1 Å². The molecule has 4 unspecified atom stereocenters. The predicted octanol–water partition coefficient (Wildman–Crippen LogP) is 4.72. The molecule has 2 aromatic rings. The van der Waals surface area contributed by atoms with Gasteiger partial charge in [0, 0.05) is 15.7 Å². The number of rotatable bonds is 6. The van der Waals surface area contributed by atoms with Crippen molar-refractivity contribution in [2.75, 3.05) is 0 Å². The van der Waals surface area contributed by atoms with Gasteiger partial charge in [0.25, 0.3) is 0 Å². The Labute approximate surface area is 141 Å². The fourth-order valence-corrected chi connectivity index (χ4v) is 3.49. The van der Waals surface area contributed by atoms with E-state index >= 15 is 0 Å². The Bertz CT molecular complexity index is 714. The molecule has 0 aromatic heterocycles. The van der Waals surface area contributed by atoms with E-state index in [4.69, 9.17) is 18.5 Å². The van der Waals surface area contributed by atoms with Crippen molar-refractivity contribution in [3.8, 4) is 11.5 Å². The van der Waals surface area contributed by atoms with Crippen LogP contribution < -0.4 is 9.05 Å². The average molecular weight is 345 g/mol. The van der Waals surface area contributed by atoms with Gasteiger partial charge >= 0.3 is 8.25 Å². The second-order valence-corrected chi connectivity index (χ2v) is 6.82. The number of benzene rings is 2. The molecule has 2 aromatic carbocycles. The van der Waals surface area contributed by atoms with E-state index in [1.54, 1.807) is 12.1 Å². The Morgan fingerprint density at radius 1 is 0.792 bits per heavy atom. The molecular formula is C18H18O5P+. The van der Waals surface area contributed by atoms with Crippen LogP contribution in [0.3, 0.4) is 0 Å². The third kappa shape index (κ3) is 3.16. The first kappa shape index (κ1) is 15.6. The fraction of sp³-hybridized carbons (Fsp3) is 0.333. The van der Waals surface area contributed by atoms with E-state index in [0.29, 0.717) is 11.5 Å². The van der Waals surface area contributed by atoms with Gasteiger partial charge in [-0.2, -0.15) is 0 Å². The van der Waals surface area contributed by atoms with Gasteiger partial charge in [0.2, 0.25) is 0 Å². The van der Waals surface area contributed by atoms with Gasteiger partial charge in [-0.25, -0.2) is 9.05 Å². The lowest BCUT2D eigenvalue weighted by Gasteiger charge is -2.02. The van der Waals surface area contributed by atoms with Crippen molar-refractivity contribution in [3.63, 3.8) is 0 Å². The third-order valence-corrected chi connectivity index (χ3v) is 4.91. The maximum atomic E-state index is 12.4. The monoisotopic (exact) mass is 345 g/mol. The summed E-state index contributed by atoms with van der Waals surface area (Å²) in [5.74, 6) is 1.06. The Kier molecular flexibility index (Phi) is 4.01. The first-order valence-corrected chi connectivity index (χ1v) is 9.05. The summed E-state index contributed by atoms with van der Waals surface area (Å²) in [4.78, 5) is 0. The summed E-state index contributed by atoms with van der Waals surface area (Å²) in [6, 6.07) is 14.9. The summed E-state index contributed by atoms with van der Waals surface area (Å²) >= 11 is 0. The minimum Gasteiger partial charge on any atom is -0.365 e. The van der Waals surface area contributed by atoms with Crippen LogP contribution in [0.2, 0.25) is 0 Å². The van der Waals surface area contributed by atoms with Crippen LogP contribution in [0.15, 0.2) is 48.5 Å². The minimum atomic E-state index is -2.35. The van der Waals surface area contributed by atoms with Gasteiger partial charge in [0.05, 0.1) is 12.2 Å². The molecule has 2 aliphatic heterocycles. The highest BCUT2D eigenvalue weighted by molar-refractivity contribution is 7.34. The van der Waals surface area contributed by atoms with Gasteiger partial charge in [-0.05, 0) is 26.0 Å². The molecule has 4 atom stereocenters. The molecule has 0 saturated carbocycles. The molecule has 0 bridgehead atoms. The molecule has 2 saturated heterocycles. The van der Waals surface area contributed by atoms with E-state index in [2.05, 4.69) is 0 Å². The van der Waals surface area contributed by atoms with Gasteiger partial charge in [-0.15, -0.1) is 0 Å². The molecule has 2 heterocycles. The molecule has 2 aliphatic rings. The van der Waals surface area contributed by atoms with Crippen LogP contribution in [0.5, 0.6) is 11.5 Å². The SMILES string of the molecule is CC1OC1c1ccccc1O[P+](=O)Oc1ccccc1C1OC1C. The first-order chi connectivity index (χ1) is 11.6. The van der Waals surface area contributed by atoms with Crippen molar-refractivity contribution in [2.24, 2.45) is 0 Å². The molecule has 0 aliphatic carbocycles. The maximum Gasteiger partial charge on any atom is 0.805 e. The Morgan fingerprint density at radius 3 is 1.54 bits per heavy atom. The van der Waals surface area contributed by atoms with Crippen molar-refractivity contribution in [2.45, 2.75) is 38.3 Å². The number of para-hydroxylation sites is 2. The molecular weight excluding hydrogens is 327 g/mol. The third-order valence-electron chi connectivity index (χ3n) is 4.22. The molecule has 24 heavy (non-hydrogen) atoms. The lowest BCUT2D eigenvalue weighted by molar-refractivity contribution is 0.372. The fourth-order valence-electron chi connectivity index (χ4n) is 2.80. The van der Waals surface area contributed by atoms with Crippen LogP contribution in [0, 0.1) is 0 Å². The second kappa shape index (κ2) is 6.17. The van der Waals surface area contributed by atoms with Crippen LogP contribution in [0.4, 0.5) is 0 Å². The normalized spacial score (nSPS) is 28.2. The highest BCUT2D eigenvalue weighted by Crippen LogP contribution is 2.47. The highest BCUT2D eigenvalue weighted by atomic mass is 31.1. The average Bonchev–Trinajstić information content (AvgIpc) is 3.47. The lowest BCUT2D eigenvalue weighted by atomic mass is 10.1. The summed E-state index contributed by atoms with van der Waals surface area (Å²) in [6.45, 7) is 3.98. The standard InChI is InChI=1S/C18H18O5P/c1-11-17(20-11)13-7-3-5-9-15(13)22-24(19)23-16-10-6-4-8-14(16)18-12(2)21-18/h3-12,17-18H,1-2H3/q+1. The van der Waals surface area contributed by atoms with E-state index < -0.39 is 8.25 Å². The molecule has 124 valence electrons. The van der Waals surface area contributed by atoms with Crippen molar-refractivity contribution < 1.29 is 23.1 Å². The van der Waals surface area contributed by atoms with Gasteiger partial charge in [-0.3, -0.25) is 0 Å². The summed E-state index contributed by atoms with van der Waals surface area (Å²) in [7, 11) is -2.35. The molecule has 5 nitrogen and oxygen atoms in total. The van der Waals surface area contributed by atoms with Gasteiger partial charge in [-0.1, -0.05) is 36.4 Å². The van der Waals surface area contributed by atoms with Crippen molar-refractivity contribution in [1.29, 1.82) is 0 Å². The molecule has 4 rings (SSSR count). The van der Waals surface area contributed by atoms with Crippen molar-refractivity contribution >= 4 is 8.25 Å². The van der Waals surface area contributed by atoms with Crippen LogP contribution in [-0.4, -0.2) is 12.2 Å². The molecule has 0 N–H and O–H groups in total. The van der Waals surface area contributed by atoms with Crippen molar-refractivity contribution in [1.82, 2.24) is 0 Å². The number of hydrogen-bond acceptors (Lipinski definition) is 5. The van der Waals surface area contributed by atoms with Gasteiger partial charge < -0.3 is 9.47 Å². The van der Waals surface area contributed by atoms with E-state index in [-0.39, 0.29) is 24.4 Å². The Balaban J connectivity index is 1.49. The van der Waals surface area contributed by atoms with Gasteiger partial charge in [0.15, 0.2) is 11.5 Å². The Hall–Kier alpha value is -1.94. The molecule has 2 fully saturated rings. The number of ether oxygens (including phenoxy) is 2. The largest absolute Gasteiger partial charge is 0.805 e. The topological polar surface area (TPSA) is 60.6 Å². The number of hydrogen-bond donors (Lipinski definition) is 0. The van der Waals surface area contributed by atoms with Crippen LogP contribution in [0.1, 0.15) is 37.2 Å². The van der Waals surface area contributed by atoms with Crippen LogP contribution >= 0.6 is 8.25 Å². The smallest absolute Gasteiger partial charge is 0.365 e. The van der Waals surface area contributed by atoms with Crippen LogP contribution in [-0.2, 0) is 14.0 Å². The van der Waals surface area contributed by atoms with Gasteiger partial charge in [0.1, 0.15) is 12.2 Å². The zero-order valence-electron chi connectivity index (χ0n) is 13.4. The van der Waals surface area contributed by atoms with E-state index in [1.165, 1.54) is 0 Å². The molecule has 0 amide bonds. The quantitative estimate of drug-likeness (QED) is 0.560. The summed E-state index contributed by atoms with van der Waals surface area (Å²) in [6.07, 6.45) is 0.306. The zero-order chi connectivity index (χ0) is 16.7. The Morgan fingerprint density at radius 2 is 1.17 bits per heavy atom. The lowest BCUT2D eigenvalue weighted by Crippen LogP contribution is -1.96.